The summed E-state index contributed by atoms with van der Waals surface area (Å²) in [4.78, 5) is 14.9. The highest BCUT2D eigenvalue weighted by Gasteiger charge is 2.64. The van der Waals surface area contributed by atoms with Crippen molar-refractivity contribution < 1.29 is 23.4 Å². The molecule has 1 amide bonds. The second-order valence-electron chi connectivity index (χ2n) is 17.2. The van der Waals surface area contributed by atoms with Crippen molar-refractivity contribution in [1.29, 1.82) is 0 Å². The van der Waals surface area contributed by atoms with Crippen LogP contribution in [0.25, 0.3) is 0 Å². The first-order chi connectivity index (χ1) is 20.9. The highest BCUT2D eigenvalue weighted by Crippen LogP contribution is 2.69. The Morgan fingerprint density at radius 1 is 0.978 bits per heavy atom. The van der Waals surface area contributed by atoms with Crippen LogP contribution in [-0.4, -0.2) is 61.0 Å². The fourth-order valence-corrected chi connectivity index (χ4v) is 12.4. The number of nitrogens with zero attached hydrogens (tertiary/aromatic N) is 1. The number of aliphatic hydroxyl groups is 2. The second-order valence-corrected chi connectivity index (χ2v) is 19.2. The van der Waals surface area contributed by atoms with Gasteiger partial charge in [-0.3, -0.25) is 4.79 Å². The van der Waals surface area contributed by atoms with E-state index in [0.29, 0.717) is 42.1 Å². The van der Waals surface area contributed by atoms with Crippen molar-refractivity contribution in [3.63, 3.8) is 0 Å². The van der Waals surface area contributed by atoms with Gasteiger partial charge in [-0.05, 0) is 127 Å². The van der Waals surface area contributed by atoms with Crippen molar-refractivity contribution in [3.05, 3.63) is 29.8 Å². The van der Waals surface area contributed by atoms with Crippen LogP contribution in [0.3, 0.4) is 0 Å². The summed E-state index contributed by atoms with van der Waals surface area (Å²) in [7, 11) is -1.98. The summed E-state index contributed by atoms with van der Waals surface area (Å²) in [5, 5.41) is 22.6. The molecule has 7 heteroatoms. The molecule has 1 aromatic rings. The van der Waals surface area contributed by atoms with Gasteiger partial charge in [-0.2, -0.15) is 0 Å². The average molecular weight is 644 g/mol. The Labute approximate surface area is 273 Å². The topological polar surface area (TPSA) is 94.9 Å². The first-order valence-corrected chi connectivity index (χ1v) is 19.5. The number of carbonyl (C=O) groups excluding carboxylic acids is 1. The smallest absolute Gasteiger partial charge is 0.237 e. The Hall–Kier alpha value is -1.44. The van der Waals surface area contributed by atoms with Crippen molar-refractivity contribution in [2.24, 2.45) is 52.3 Å². The van der Waals surface area contributed by atoms with Gasteiger partial charge in [0, 0.05) is 13.6 Å². The lowest BCUT2D eigenvalue weighted by atomic mass is 9.41. The fourth-order valence-electron chi connectivity index (χ4n) is 11.2. The van der Waals surface area contributed by atoms with Crippen molar-refractivity contribution in [2.45, 2.75) is 129 Å². The summed E-state index contributed by atoms with van der Waals surface area (Å²) in [5.41, 5.74) is 1.36. The molecule has 6 nitrogen and oxygen atoms in total. The van der Waals surface area contributed by atoms with E-state index in [1.165, 1.54) is 6.42 Å². The molecule has 45 heavy (non-hydrogen) atoms. The van der Waals surface area contributed by atoms with Crippen LogP contribution in [0.15, 0.2) is 29.2 Å². The zero-order valence-corrected chi connectivity index (χ0v) is 30.1. The third kappa shape index (κ3) is 6.28. The van der Waals surface area contributed by atoms with Crippen molar-refractivity contribution in [3.8, 4) is 0 Å². The number of carbonyl (C=O) groups is 1. The summed E-state index contributed by atoms with van der Waals surface area (Å²) in [6, 6.07) is 6.94. The number of hydrogen-bond acceptors (Lipinski definition) is 5. The molecule has 0 saturated heterocycles. The highest BCUT2D eigenvalue weighted by molar-refractivity contribution is 7.92. The van der Waals surface area contributed by atoms with Gasteiger partial charge in [0.1, 0.15) is 5.75 Å². The van der Waals surface area contributed by atoms with Gasteiger partial charge in [-0.25, -0.2) is 8.42 Å². The van der Waals surface area contributed by atoms with E-state index in [1.54, 1.807) is 24.1 Å². The number of fused-ring (bicyclic) bond motifs is 5. The molecule has 0 bridgehead atoms. The maximum absolute atomic E-state index is 13.1. The van der Waals surface area contributed by atoms with E-state index in [-0.39, 0.29) is 45.2 Å². The second kappa shape index (κ2) is 12.5. The van der Waals surface area contributed by atoms with Crippen LogP contribution < -0.4 is 0 Å². The first kappa shape index (κ1) is 34.9. The van der Waals surface area contributed by atoms with E-state index < -0.39 is 15.6 Å². The maximum Gasteiger partial charge on any atom is 0.237 e. The van der Waals surface area contributed by atoms with Crippen molar-refractivity contribution in [2.75, 3.05) is 19.3 Å². The Morgan fingerprint density at radius 2 is 1.60 bits per heavy atom. The fraction of sp³-hybridized carbons (Fsp3) is 0.816. The number of aliphatic hydroxyl groups excluding tert-OH is 2. The molecule has 0 spiro atoms. The predicted molar refractivity (Wildman–Crippen MR) is 180 cm³/mol. The van der Waals surface area contributed by atoms with Crippen LogP contribution in [0.5, 0.6) is 0 Å². The minimum Gasteiger partial charge on any atom is -0.393 e. The van der Waals surface area contributed by atoms with Gasteiger partial charge in [0.25, 0.3) is 0 Å². The molecule has 0 aliphatic heterocycles. The molecule has 11 atom stereocenters. The summed E-state index contributed by atoms with van der Waals surface area (Å²) >= 11 is 0. The van der Waals surface area contributed by atoms with Crippen LogP contribution in [0.2, 0.25) is 0 Å². The minimum atomic E-state index is -3.72. The molecular weight excluding hydrogens is 582 g/mol. The monoisotopic (exact) mass is 643 g/mol. The van der Waals surface area contributed by atoms with Crippen LogP contribution in [0, 0.1) is 52.3 Å². The van der Waals surface area contributed by atoms with Gasteiger partial charge < -0.3 is 15.1 Å². The lowest BCUT2D eigenvalue weighted by Crippen LogP contribution is -2.62. The quantitative estimate of drug-likeness (QED) is 0.323. The molecule has 2 N–H and O–H groups in total. The molecule has 0 aromatic heterocycles. The number of benzene rings is 1. The Morgan fingerprint density at radius 3 is 2.22 bits per heavy atom. The summed E-state index contributed by atoms with van der Waals surface area (Å²) in [6.07, 6.45) is 8.76. The van der Waals surface area contributed by atoms with Crippen molar-refractivity contribution >= 4 is 15.7 Å². The molecule has 254 valence electrons. The third-order valence-electron chi connectivity index (χ3n) is 13.9. The maximum atomic E-state index is 13.1. The molecule has 5 rings (SSSR count). The largest absolute Gasteiger partial charge is 0.393 e. The SMILES string of the molecule is CC[C@@H]1C2C[C@H](O)CCC2(C)[C@H]2CC[C@]3(C)[C@@H]([C@H](C)CCN(C)C(=O)CS(=O)(=O)c4ccc(C(C)(C)C)cc4)CC[C@H]3[C@@H]2[C@@H]1O. The van der Waals surface area contributed by atoms with Gasteiger partial charge in [-0.15, -0.1) is 0 Å². The number of hydrogen-bond donors (Lipinski definition) is 2. The number of rotatable bonds is 8. The zero-order valence-electron chi connectivity index (χ0n) is 29.3. The minimum absolute atomic E-state index is 0.0694. The van der Waals surface area contributed by atoms with E-state index in [9.17, 15) is 23.4 Å². The molecule has 4 fully saturated rings. The molecule has 0 radical (unpaired) electrons. The van der Waals surface area contributed by atoms with Crippen LogP contribution in [0.4, 0.5) is 0 Å². The van der Waals surface area contributed by atoms with Crippen LogP contribution in [0.1, 0.15) is 112 Å². The lowest BCUT2D eigenvalue weighted by Gasteiger charge is -2.64. The van der Waals surface area contributed by atoms with Gasteiger partial charge in [0.15, 0.2) is 9.84 Å². The summed E-state index contributed by atoms with van der Waals surface area (Å²) in [5.74, 6) is 2.10. The Balaban J connectivity index is 1.22. The van der Waals surface area contributed by atoms with E-state index in [0.717, 1.165) is 56.9 Å². The first-order valence-electron chi connectivity index (χ1n) is 17.9. The average Bonchev–Trinajstić information content (AvgIpc) is 3.33. The molecule has 1 aromatic carbocycles. The zero-order chi connectivity index (χ0) is 33.1. The van der Waals surface area contributed by atoms with E-state index in [2.05, 4.69) is 48.5 Å². The third-order valence-corrected chi connectivity index (χ3v) is 15.5. The van der Waals surface area contributed by atoms with Crippen LogP contribution >= 0.6 is 0 Å². The molecule has 4 aliphatic rings. The van der Waals surface area contributed by atoms with Crippen molar-refractivity contribution in [1.82, 2.24) is 4.90 Å². The number of sulfone groups is 1. The molecule has 0 heterocycles. The normalized spacial score (nSPS) is 39.0. The predicted octanol–water partition coefficient (Wildman–Crippen LogP) is 6.87. The molecular formula is C38H61NO5S. The standard InChI is InChI=1S/C38H61NO5S/c1-9-28-32-22-26(40)16-19-38(32,7)31-17-20-37(6)29(14-15-30(37)34(31)35(28)42)24(2)18-21-39(8)33(41)23-45(43,44)27-12-10-25(11-13-27)36(3,4)5/h10-13,24,26,28-32,34-35,40,42H,9,14-23H2,1-8H3/t24-,26-,28-,29-,30+,31+,32?,34+,35-,37-,38?/m1/s1. The van der Waals surface area contributed by atoms with Gasteiger partial charge >= 0.3 is 0 Å². The number of amides is 1. The summed E-state index contributed by atoms with van der Waals surface area (Å²) in [6.45, 7) is 16.3. The lowest BCUT2D eigenvalue weighted by molar-refractivity contribution is -0.203. The van der Waals surface area contributed by atoms with Gasteiger partial charge in [-0.1, -0.05) is 67.0 Å². The van der Waals surface area contributed by atoms with Crippen LogP contribution in [-0.2, 0) is 20.0 Å². The molecule has 2 unspecified atom stereocenters. The Bertz CT molecular complexity index is 1320. The summed E-state index contributed by atoms with van der Waals surface area (Å²) < 4.78 is 26.2. The van der Waals surface area contributed by atoms with E-state index in [1.807, 2.05) is 12.1 Å². The Kier molecular flexibility index (Phi) is 9.72. The molecule has 4 saturated carbocycles. The molecule has 4 aliphatic carbocycles. The van der Waals surface area contributed by atoms with E-state index in [4.69, 9.17) is 0 Å². The van der Waals surface area contributed by atoms with Gasteiger partial charge in [0.05, 0.1) is 17.1 Å². The highest BCUT2D eigenvalue weighted by atomic mass is 32.2. The van der Waals surface area contributed by atoms with E-state index >= 15 is 0 Å². The van der Waals surface area contributed by atoms with Gasteiger partial charge in [0.2, 0.25) is 5.91 Å².